The van der Waals surface area contributed by atoms with E-state index in [0.29, 0.717) is 17.2 Å². The molecule has 0 saturated heterocycles. The van der Waals surface area contributed by atoms with Gasteiger partial charge >= 0.3 is 0 Å². The molecule has 0 aliphatic carbocycles. The lowest BCUT2D eigenvalue weighted by molar-refractivity contribution is -0.121. The second-order valence-electron chi connectivity index (χ2n) is 7.20. The molecule has 1 amide bonds. The Kier molecular flexibility index (Phi) is 7.38. The number of ether oxygens (including phenoxy) is 1. The van der Waals surface area contributed by atoms with E-state index < -0.39 is 5.82 Å². The van der Waals surface area contributed by atoms with Crippen molar-refractivity contribution in [3.8, 4) is 23.2 Å². The van der Waals surface area contributed by atoms with Crippen molar-refractivity contribution >= 4 is 34.8 Å². The van der Waals surface area contributed by atoms with E-state index >= 15 is 0 Å². The Labute approximate surface area is 203 Å². The van der Waals surface area contributed by atoms with Gasteiger partial charge in [-0.25, -0.2) is 19.3 Å². The molecule has 4 rings (SSSR count). The number of hydrogen-bond donors (Lipinski definition) is 4. The molecule has 2 aromatic carbocycles. The van der Waals surface area contributed by atoms with Gasteiger partial charge in [0.25, 0.3) is 5.89 Å². The molecule has 0 aliphatic heterocycles. The summed E-state index contributed by atoms with van der Waals surface area (Å²) in [7, 11) is 0. The highest BCUT2D eigenvalue weighted by Crippen LogP contribution is 2.33. The Hall–Kier alpha value is -4.22. The number of carbonyl (C=O) groups excluding carboxylic acids is 1. The molecular formula is C23H20ClFN6O4. The zero-order valence-electron chi connectivity index (χ0n) is 18.2. The zero-order valence-corrected chi connectivity index (χ0v) is 18.9. The number of oxazole rings is 1. The number of aliphatic hydroxyl groups is 1. The van der Waals surface area contributed by atoms with Crippen LogP contribution in [0.15, 0.2) is 59.2 Å². The lowest BCUT2D eigenvalue weighted by Crippen LogP contribution is -2.23. The molecule has 10 nitrogen and oxygen atoms in total. The number of nitrogens with zero attached hydrogens (tertiary/aromatic N) is 3. The normalized spacial score (nSPS) is 10.7. The van der Waals surface area contributed by atoms with E-state index in [2.05, 4.69) is 25.6 Å². The van der Waals surface area contributed by atoms with Gasteiger partial charge < -0.3 is 30.6 Å². The van der Waals surface area contributed by atoms with Crippen LogP contribution in [0, 0.1) is 5.82 Å². The molecule has 0 atom stereocenters. The molecule has 0 unspecified atom stereocenters. The monoisotopic (exact) mass is 498 g/mol. The molecule has 5 N–H and O–H groups in total. The van der Waals surface area contributed by atoms with Gasteiger partial charge in [0.05, 0.1) is 23.9 Å². The third-order valence-electron chi connectivity index (χ3n) is 4.56. The number of nitrogens with two attached hydrogens (primary N) is 1. The molecule has 0 spiro atoms. The Morgan fingerprint density at radius 3 is 2.74 bits per heavy atom. The minimum Gasteiger partial charge on any atom is -0.453 e. The van der Waals surface area contributed by atoms with Crippen molar-refractivity contribution in [2.24, 2.45) is 0 Å². The van der Waals surface area contributed by atoms with Crippen molar-refractivity contribution in [3.05, 3.63) is 71.3 Å². The van der Waals surface area contributed by atoms with E-state index in [4.69, 9.17) is 31.6 Å². The van der Waals surface area contributed by atoms with E-state index in [0.717, 1.165) is 0 Å². The van der Waals surface area contributed by atoms with Crippen LogP contribution in [0.25, 0.3) is 11.7 Å². The average Bonchev–Trinajstić information content (AvgIpc) is 3.30. The van der Waals surface area contributed by atoms with E-state index in [1.807, 2.05) is 0 Å². The van der Waals surface area contributed by atoms with Crippen molar-refractivity contribution in [1.82, 2.24) is 20.3 Å². The number of amides is 1. The first-order valence-electron chi connectivity index (χ1n) is 10.4. The second-order valence-corrected chi connectivity index (χ2v) is 7.61. The lowest BCUT2D eigenvalue weighted by atomic mass is 10.3. The number of benzene rings is 2. The zero-order chi connectivity index (χ0) is 24.8. The standard InChI is InChI=1S/C23H20ClFN6O4/c24-15-9-13(5-6-17(15)35-18-4-2-1-3-16(18)25)28-20-10-19(26)30-22(31-20)23-29-14(12-34-23)11-27-21(33)7-8-32/h1-6,9-10,12,32H,7-8,11H2,(H,27,33)(H3,26,28,30,31). The van der Waals surface area contributed by atoms with Gasteiger partial charge in [-0.3, -0.25) is 4.79 Å². The van der Waals surface area contributed by atoms with Crippen molar-refractivity contribution < 1.29 is 23.4 Å². The van der Waals surface area contributed by atoms with E-state index in [1.165, 1.54) is 24.5 Å². The highest BCUT2D eigenvalue weighted by Gasteiger charge is 2.14. The van der Waals surface area contributed by atoms with E-state index in [9.17, 15) is 9.18 Å². The van der Waals surface area contributed by atoms with Crippen LogP contribution in [0.4, 0.5) is 21.7 Å². The minimum absolute atomic E-state index is 0.00166. The fourth-order valence-electron chi connectivity index (χ4n) is 2.95. The largest absolute Gasteiger partial charge is 0.453 e. The maximum atomic E-state index is 13.9. The van der Waals surface area contributed by atoms with Gasteiger partial charge in [0.2, 0.25) is 11.7 Å². The summed E-state index contributed by atoms with van der Waals surface area (Å²) in [6.45, 7) is -0.120. The Morgan fingerprint density at radius 2 is 1.97 bits per heavy atom. The Morgan fingerprint density at radius 1 is 1.14 bits per heavy atom. The molecule has 0 fully saturated rings. The molecule has 0 radical (unpaired) electrons. The maximum Gasteiger partial charge on any atom is 0.265 e. The van der Waals surface area contributed by atoms with Crippen LogP contribution in [0.1, 0.15) is 12.1 Å². The summed E-state index contributed by atoms with van der Waals surface area (Å²) in [4.78, 5) is 24.3. The molecule has 4 aromatic rings. The topological polar surface area (TPSA) is 148 Å². The van der Waals surface area contributed by atoms with Gasteiger partial charge in [-0.1, -0.05) is 23.7 Å². The van der Waals surface area contributed by atoms with Gasteiger partial charge in [-0.2, -0.15) is 0 Å². The third-order valence-corrected chi connectivity index (χ3v) is 4.85. The summed E-state index contributed by atoms with van der Waals surface area (Å²) in [5.74, 6) is 0.279. The van der Waals surface area contributed by atoms with Crippen molar-refractivity contribution in [3.63, 3.8) is 0 Å². The highest BCUT2D eigenvalue weighted by atomic mass is 35.5. The van der Waals surface area contributed by atoms with Gasteiger partial charge in [-0.05, 0) is 30.3 Å². The summed E-state index contributed by atoms with van der Waals surface area (Å²) in [6, 6.07) is 12.4. The SMILES string of the molecule is Nc1cc(Nc2ccc(Oc3ccccc3F)c(Cl)c2)nc(-c2nc(CNC(=O)CCO)co2)n1. The first-order valence-corrected chi connectivity index (χ1v) is 10.7. The Bertz CT molecular complexity index is 1350. The van der Waals surface area contributed by atoms with Crippen LogP contribution in [-0.2, 0) is 11.3 Å². The minimum atomic E-state index is -0.503. The first kappa shape index (κ1) is 23.9. The lowest BCUT2D eigenvalue weighted by Gasteiger charge is -2.11. The van der Waals surface area contributed by atoms with Crippen LogP contribution >= 0.6 is 11.6 Å². The molecule has 0 bridgehead atoms. The number of nitrogen functional groups attached to an aromatic ring is 1. The Balaban J connectivity index is 1.47. The number of aromatic nitrogens is 3. The number of hydrogen-bond acceptors (Lipinski definition) is 9. The molecule has 12 heteroatoms. The van der Waals surface area contributed by atoms with Gasteiger partial charge in [0.1, 0.15) is 23.6 Å². The maximum absolute atomic E-state index is 13.9. The molecule has 35 heavy (non-hydrogen) atoms. The fourth-order valence-corrected chi connectivity index (χ4v) is 3.17. The summed E-state index contributed by atoms with van der Waals surface area (Å²) in [5, 5.41) is 14.7. The van der Waals surface area contributed by atoms with Gasteiger partial charge in [0.15, 0.2) is 11.6 Å². The quantitative estimate of drug-likeness (QED) is 0.268. The van der Waals surface area contributed by atoms with Crippen molar-refractivity contribution in [1.29, 1.82) is 0 Å². The second kappa shape index (κ2) is 10.8. The first-order chi connectivity index (χ1) is 16.9. The number of carbonyl (C=O) groups is 1. The number of para-hydroxylation sites is 1. The summed E-state index contributed by atoms with van der Waals surface area (Å²) in [6.07, 6.45) is 1.36. The molecule has 2 heterocycles. The number of halogens is 2. The number of rotatable bonds is 9. The van der Waals surface area contributed by atoms with Gasteiger partial charge in [0, 0.05) is 18.2 Å². The van der Waals surface area contributed by atoms with E-state index in [-0.39, 0.29) is 59.5 Å². The van der Waals surface area contributed by atoms with Crippen LogP contribution in [0.3, 0.4) is 0 Å². The van der Waals surface area contributed by atoms with Crippen LogP contribution in [0.5, 0.6) is 11.5 Å². The fraction of sp³-hybridized carbons (Fsp3) is 0.130. The molecule has 2 aromatic heterocycles. The predicted molar refractivity (Wildman–Crippen MR) is 127 cm³/mol. The molecular weight excluding hydrogens is 479 g/mol. The van der Waals surface area contributed by atoms with Gasteiger partial charge in [-0.15, -0.1) is 0 Å². The van der Waals surface area contributed by atoms with Crippen molar-refractivity contribution in [2.45, 2.75) is 13.0 Å². The van der Waals surface area contributed by atoms with Crippen LogP contribution in [-0.4, -0.2) is 32.6 Å². The third kappa shape index (κ3) is 6.22. The summed E-state index contributed by atoms with van der Waals surface area (Å²) in [5.41, 5.74) is 6.94. The van der Waals surface area contributed by atoms with Crippen LogP contribution in [0.2, 0.25) is 5.02 Å². The highest BCUT2D eigenvalue weighted by molar-refractivity contribution is 6.32. The van der Waals surface area contributed by atoms with E-state index in [1.54, 1.807) is 30.3 Å². The average molecular weight is 499 g/mol. The summed E-state index contributed by atoms with van der Waals surface area (Å²) >= 11 is 6.32. The number of aliphatic hydroxyl groups excluding tert-OH is 1. The van der Waals surface area contributed by atoms with Crippen LogP contribution < -0.4 is 21.1 Å². The number of nitrogens with one attached hydrogen (secondary N) is 2. The molecule has 0 aliphatic rings. The summed E-state index contributed by atoms with van der Waals surface area (Å²) < 4.78 is 24.8. The number of anilines is 3. The smallest absolute Gasteiger partial charge is 0.265 e. The van der Waals surface area contributed by atoms with Crippen molar-refractivity contribution in [2.75, 3.05) is 17.7 Å². The predicted octanol–water partition coefficient (Wildman–Crippen LogP) is 4.04. The molecule has 0 saturated carbocycles. The molecule has 180 valence electrons.